The third-order valence-corrected chi connectivity index (χ3v) is 7.29. The van der Waals surface area contributed by atoms with E-state index in [1.807, 2.05) is 22.9 Å². The van der Waals surface area contributed by atoms with E-state index in [0.29, 0.717) is 5.92 Å². The molecule has 5 aromatic rings. The predicted octanol–water partition coefficient (Wildman–Crippen LogP) is 5.46. The van der Waals surface area contributed by atoms with E-state index in [4.69, 9.17) is 4.98 Å². The smallest absolute Gasteiger partial charge is 0.260 e. The molecule has 0 radical (unpaired) electrons. The zero-order valence-electron chi connectivity index (χ0n) is 14.8. The van der Waals surface area contributed by atoms with Crippen LogP contribution in [0.3, 0.4) is 0 Å². The first kappa shape index (κ1) is 16.2. The van der Waals surface area contributed by atoms with Crippen LogP contribution >= 0.6 is 22.7 Å². The molecule has 0 amide bonds. The van der Waals surface area contributed by atoms with Gasteiger partial charge in [0.25, 0.3) is 5.56 Å². The fraction of sp³-hybridized carbons (Fsp3) is 0.136. The molecule has 0 spiro atoms. The van der Waals surface area contributed by atoms with E-state index in [1.54, 1.807) is 35.1 Å². The quantitative estimate of drug-likeness (QED) is 0.403. The summed E-state index contributed by atoms with van der Waals surface area (Å²) in [5.41, 5.74) is 4.26. The molecule has 0 aliphatic heterocycles. The minimum Gasteiger partial charge on any atom is -0.311 e. The fourth-order valence-electron chi connectivity index (χ4n) is 3.95. The van der Waals surface area contributed by atoms with Crippen molar-refractivity contribution in [2.75, 3.05) is 0 Å². The largest absolute Gasteiger partial charge is 0.311 e. The molecule has 28 heavy (non-hydrogen) atoms. The Morgan fingerprint density at radius 3 is 2.79 bits per heavy atom. The topological polar surface area (TPSA) is 47.8 Å². The Hall–Kier alpha value is -2.83. The van der Waals surface area contributed by atoms with Crippen molar-refractivity contribution in [1.29, 1.82) is 0 Å². The van der Waals surface area contributed by atoms with Gasteiger partial charge in [-0.2, -0.15) is 0 Å². The molecule has 6 heteroatoms. The summed E-state index contributed by atoms with van der Waals surface area (Å²) in [6, 6.07) is 12.5. The zero-order chi connectivity index (χ0) is 18.7. The number of nitrogens with zero attached hydrogens (tertiary/aromatic N) is 3. The first-order chi connectivity index (χ1) is 13.8. The molecule has 2 unspecified atom stereocenters. The molecule has 5 aromatic heterocycles. The van der Waals surface area contributed by atoms with Gasteiger partial charge in [-0.1, -0.05) is 0 Å². The number of thiophene rings is 2. The summed E-state index contributed by atoms with van der Waals surface area (Å²) in [5, 5.41) is 4.95. The van der Waals surface area contributed by atoms with Crippen molar-refractivity contribution in [3.8, 4) is 11.1 Å². The van der Waals surface area contributed by atoms with Crippen molar-refractivity contribution in [3.05, 3.63) is 81.8 Å². The zero-order valence-corrected chi connectivity index (χ0v) is 16.4. The van der Waals surface area contributed by atoms with E-state index >= 15 is 0 Å². The minimum atomic E-state index is 0.0923. The lowest BCUT2D eigenvalue weighted by Crippen LogP contribution is -2.18. The lowest BCUT2D eigenvalue weighted by atomic mass is 10.1. The molecule has 136 valence electrons. The van der Waals surface area contributed by atoms with Crippen molar-refractivity contribution in [1.82, 2.24) is 14.5 Å². The van der Waals surface area contributed by atoms with E-state index in [0.717, 1.165) is 38.8 Å². The molecule has 0 bridgehead atoms. The van der Waals surface area contributed by atoms with E-state index in [1.165, 1.54) is 4.70 Å². The van der Waals surface area contributed by atoms with Crippen LogP contribution in [-0.2, 0) is 0 Å². The van der Waals surface area contributed by atoms with Gasteiger partial charge in [0.1, 0.15) is 0 Å². The maximum atomic E-state index is 13.3. The Morgan fingerprint density at radius 1 is 1.00 bits per heavy atom. The number of hydrogen-bond acceptors (Lipinski definition) is 5. The first-order valence-corrected chi connectivity index (χ1v) is 10.9. The lowest BCUT2D eigenvalue weighted by molar-refractivity contribution is 0.689. The summed E-state index contributed by atoms with van der Waals surface area (Å²) in [5.74, 6) is 0.308. The van der Waals surface area contributed by atoms with Crippen LogP contribution in [0.4, 0.5) is 0 Å². The van der Waals surface area contributed by atoms with Crippen LogP contribution in [0, 0.1) is 0 Å². The molecular formula is C22H15N3OS2. The summed E-state index contributed by atoms with van der Waals surface area (Å²) < 4.78 is 4.15. The molecule has 5 heterocycles. The van der Waals surface area contributed by atoms with Gasteiger partial charge in [0, 0.05) is 51.9 Å². The highest BCUT2D eigenvalue weighted by Crippen LogP contribution is 2.50. The van der Waals surface area contributed by atoms with Gasteiger partial charge in [-0.05, 0) is 53.8 Å². The van der Waals surface area contributed by atoms with Gasteiger partial charge in [0.05, 0.1) is 15.6 Å². The Kier molecular flexibility index (Phi) is 3.51. The van der Waals surface area contributed by atoms with Crippen molar-refractivity contribution >= 4 is 43.0 Å². The van der Waals surface area contributed by atoms with Gasteiger partial charge in [0.2, 0.25) is 0 Å². The molecule has 1 fully saturated rings. The number of pyridine rings is 3. The second kappa shape index (κ2) is 6.09. The number of aromatic nitrogens is 3. The Morgan fingerprint density at radius 2 is 1.89 bits per heavy atom. The highest BCUT2D eigenvalue weighted by molar-refractivity contribution is 7.17. The average Bonchev–Trinajstić information content (AvgIpc) is 3.17. The van der Waals surface area contributed by atoms with E-state index < -0.39 is 0 Å². The molecule has 2 atom stereocenters. The third kappa shape index (κ3) is 2.45. The van der Waals surface area contributed by atoms with Crippen LogP contribution < -0.4 is 5.56 Å². The number of hydrogen-bond donors (Lipinski definition) is 0. The predicted molar refractivity (Wildman–Crippen MR) is 115 cm³/mol. The number of fused-ring (bicyclic) bond motifs is 2. The summed E-state index contributed by atoms with van der Waals surface area (Å²) in [7, 11) is 0. The van der Waals surface area contributed by atoms with Crippen LogP contribution in [0.2, 0.25) is 0 Å². The van der Waals surface area contributed by atoms with Crippen molar-refractivity contribution in [2.24, 2.45) is 0 Å². The standard InChI is InChI=1S/C22H15N3OS2/c26-22-21-15(13-3-7-23-8-4-13)12-28-20(21)5-9-25(22)18-11-14(18)16-1-2-19-17(24-16)6-10-27-19/h1-10,12,14,18H,11H2. The normalized spacial score (nSPS) is 18.7. The van der Waals surface area contributed by atoms with Crippen LogP contribution in [0.15, 0.2) is 70.5 Å². The summed E-state index contributed by atoms with van der Waals surface area (Å²) in [4.78, 5) is 22.2. The van der Waals surface area contributed by atoms with Gasteiger partial charge < -0.3 is 4.57 Å². The number of rotatable bonds is 3. The first-order valence-electron chi connectivity index (χ1n) is 9.16. The van der Waals surface area contributed by atoms with Gasteiger partial charge in [-0.25, -0.2) is 0 Å². The summed E-state index contributed by atoms with van der Waals surface area (Å²) >= 11 is 3.33. The Bertz CT molecular complexity index is 1380. The summed E-state index contributed by atoms with van der Waals surface area (Å²) in [6.07, 6.45) is 6.45. The lowest BCUT2D eigenvalue weighted by Gasteiger charge is -2.07. The minimum absolute atomic E-state index is 0.0923. The van der Waals surface area contributed by atoms with Crippen molar-refractivity contribution in [3.63, 3.8) is 0 Å². The van der Waals surface area contributed by atoms with E-state index in [-0.39, 0.29) is 11.6 Å². The summed E-state index contributed by atoms with van der Waals surface area (Å²) in [6.45, 7) is 0. The second-order valence-electron chi connectivity index (χ2n) is 7.10. The molecule has 1 saturated carbocycles. The molecule has 0 aromatic carbocycles. The van der Waals surface area contributed by atoms with Crippen molar-refractivity contribution in [2.45, 2.75) is 18.4 Å². The van der Waals surface area contributed by atoms with Gasteiger partial charge in [0.15, 0.2) is 0 Å². The second-order valence-corrected chi connectivity index (χ2v) is 8.96. The maximum Gasteiger partial charge on any atom is 0.260 e. The van der Waals surface area contributed by atoms with Gasteiger partial charge >= 0.3 is 0 Å². The monoisotopic (exact) mass is 401 g/mol. The molecular weight excluding hydrogens is 386 g/mol. The van der Waals surface area contributed by atoms with E-state index in [9.17, 15) is 4.79 Å². The van der Waals surface area contributed by atoms with Gasteiger partial charge in [-0.3, -0.25) is 14.8 Å². The van der Waals surface area contributed by atoms with Crippen LogP contribution in [0.25, 0.3) is 31.4 Å². The van der Waals surface area contributed by atoms with E-state index in [2.05, 4.69) is 40.0 Å². The fourth-order valence-corrected chi connectivity index (χ4v) is 5.63. The molecule has 6 rings (SSSR count). The van der Waals surface area contributed by atoms with Crippen molar-refractivity contribution < 1.29 is 0 Å². The molecule has 0 N–H and O–H groups in total. The maximum absolute atomic E-state index is 13.3. The van der Waals surface area contributed by atoms with Crippen LogP contribution in [0.5, 0.6) is 0 Å². The van der Waals surface area contributed by atoms with Crippen LogP contribution in [0.1, 0.15) is 24.1 Å². The molecule has 1 aliphatic rings. The third-order valence-electron chi connectivity index (χ3n) is 5.47. The van der Waals surface area contributed by atoms with Gasteiger partial charge in [-0.15, -0.1) is 22.7 Å². The Balaban J connectivity index is 1.42. The van der Waals surface area contributed by atoms with Crippen LogP contribution in [-0.4, -0.2) is 14.5 Å². The average molecular weight is 402 g/mol. The Labute approximate surface area is 168 Å². The molecule has 4 nitrogen and oxygen atoms in total. The highest BCUT2D eigenvalue weighted by atomic mass is 32.1. The molecule has 0 saturated heterocycles. The SMILES string of the molecule is O=c1c2c(-c3ccncc3)csc2ccn1C1CC1c1ccc2sccc2n1. The molecule has 1 aliphatic carbocycles. The highest BCUT2D eigenvalue weighted by Gasteiger charge is 2.41.